The van der Waals surface area contributed by atoms with Gasteiger partial charge in [-0.25, -0.2) is 14.4 Å². The largest absolute Gasteiger partial charge is 0.373 e. The first-order valence-electron chi connectivity index (χ1n) is 6.23. The first-order chi connectivity index (χ1) is 8.90. The highest BCUT2D eigenvalue weighted by Crippen LogP contribution is 2.25. The third-order valence-corrected chi connectivity index (χ3v) is 2.85. The van der Waals surface area contributed by atoms with Crippen LogP contribution < -0.4 is 5.32 Å². The van der Waals surface area contributed by atoms with Gasteiger partial charge in [-0.05, 0) is 24.3 Å². The number of halogens is 1. The Bertz CT molecular complexity index is 571. The second-order valence-electron chi connectivity index (χ2n) is 5.47. The fourth-order valence-corrected chi connectivity index (χ4v) is 1.69. The Kier molecular flexibility index (Phi) is 3.51. The lowest BCUT2D eigenvalue weighted by Gasteiger charge is -2.19. The fraction of sp³-hybridized carbons (Fsp3) is 0.333. The summed E-state index contributed by atoms with van der Waals surface area (Å²) in [4.78, 5) is 9.00. The molecule has 0 aliphatic rings. The van der Waals surface area contributed by atoms with E-state index in [-0.39, 0.29) is 11.2 Å². The van der Waals surface area contributed by atoms with Gasteiger partial charge in [0.25, 0.3) is 0 Å². The molecule has 0 spiro atoms. The van der Waals surface area contributed by atoms with Crippen LogP contribution in [-0.4, -0.2) is 17.0 Å². The quantitative estimate of drug-likeness (QED) is 0.895. The highest BCUT2D eigenvalue weighted by molar-refractivity contribution is 5.57. The predicted molar refractivity (Wildman–Crippen MR) is 75.7 cm³/mol. The van der Waals surface area contributed by atoms with E-state index in [1.165, 1.54) is 12.1 Å². The van der Waals surface area contributed by atoms with Crippen LogP contribution in [0.5, 0.6) is 0 Å². The molecule has 0 saturated carbocycles. The smallest absolute Gasteiger partial charge is 0.161 e. The van der Waals surface area contributed by atoms with Crippen molar-refractivity contribution in [3.63, 3.8) is 0 Å². The molecule has 2 rings (SSSR count). The molecule has 0 fully saturated rings. The van der Waals surface area contributed by atoms with Crippen LogP contribution in [0.4, 0.5) is 10.2 Å². The average Bonchev–Trinajstić information content (AvgIpc) is 2.38. The summed E-state index contributed by atoms with van der Waals surface area (Å²) in [5, 5.41) is 3.04. The lowest BCUT2D eigenvalue weighted by atomic mass is 9.92. The van der Waals surface area contributed by atoms with Crippen molar-refractivity contribution in [2.24, 2.45) is 0 Å². The van der Waals surface area contributed by atoms with Crippen molar-refractivity contribution >= 4 is 5.82 Å². The number of aromatic nitrogens is 2. The Hall–Kier alpha value is -1.97. The summed E-state index contributed by atoms with van der Waals surface area (Å²) < 4.78 is 13.0. The van der Waals surface area contributed by atoms with Gasteiger partial charge in [0, 0.05) is 24.1 Å². The highest BCUT2D eigenvalue weighted by Gasteiger charge is 2.18. The van der Waals surface area contributed by atoms with Crippen molar-refractivity contribution in [2.45, 2.75) is 26.2 Å². The van der Waals surface area contributed by atoms with Crippen LogP contribution >= 0.6 is 0 Å². The summed E-state index contributed by atoms with van der Waals surface area (Å²) in [5.74, 6) is 1.11. The zero-order chi connectivity index (χ0) is 14.0. The van der Waals surface area contributed by atoms with E-state index in [9.17, 15) is 4.39 Å². The standard InChI is InChI=1S/C15H18FN3/c1-15(2,3)12-9-13(17-4)19-14(18-12)10-5-7-11(16)8-6-10/h5-9H,1-4H3,(H,17,18,19). The minimum Gasteiger partial charge on any atom is -0.373 e. The number of anilines is 1. The van der Waals surface area contributed by atoms with Crippen LogP contribution in [0.15, 0.2) is 30.3 Å². The van der Waals surface area contributed by atoms with Crippen LogP contribution in [0, 0.1) is 5.82 Å². The lowest BCUT2D eigenvalue weighted by Crippen LogP contribution is -2.15. The molecule has 0 bridgehead atoms. The van der Waals surface area contributed by atoms with Crippen LogP contribution in [0.25, 0.3) is 11.4 Å². The van der Waals surface area contributed by atoms with Gasteiger partial charge in [-0.2, -0.15) is 0 Å². The van der Waals surface area contributed by atoms with Crippen molar-refractivity contribution in [3.05, 3.63) is 41.8 Å². The monoisotopic (exact) mass is 259 g/mol. The molecule has 19 heavy (non-hydrogen) atoms. The zero-order valence-electron chi connectivity index (χ0n) is 11.7. The SMILES string of the molecule is CNc1cc(C(C)(C)C)nc(-c2ccc(F)cc2)n1. The summed E-state index contributed by atoms with van der Waals surface area (Å²) in [7, 11) is 1.82. The Morgan fingerprint density at radius 1 is 1.05 bits per heavy atom. The third-order valence-electron chi connectivity index (χ3n) is 2.85. The first kappa shape index (κ1) is 13.5. The Balaban J connectivity index is 2.54. The van der Waals surface area contributed by atoms with Crippen molar-refractivity contribution < 1.29 is 4.39 Å². The van der Waals surface area contributed by atoms with Crippen molar-refractivity contribution in [2.75, 3.05) is 12.4 Å². The van der Waals surface area contributed by atoms with Crippen molar-refractivity contribution in [1.82, 2.24) is 9.97 Å². The topological polar surface area (TPSA) is 37.8 Å². The number of nitrogens with zero attached hydrogens (tertiary/aromatic N) is 2. The maximum absolute atomic E-state index is 13.0. The number of benzene rings is 1. The molecule has 1 N–H and O–H groups in total. The normalized spacial score (nSPS) is 11.4. The summed E-state index contributed by atoms with van der Waals surface area (Å²) in [6.45, 7) is 6.30. The fourth-order valence-electron chi connectivity index (χ4n) is 1.69. The van der Waals surface area contributed by atoms with E-state index in [1.807, 2.05) is 13.1 Å². The minimum atomic E-state index is -0.260. The van der Waals surface area contributed by atoms with Crippen LogP contribution in [-0.2, 0) is 5.41 Å². The second kappa shape index (κ2) is 4.96. The van der Waals surface area contributed by atoms with Gasteiger partial charge >= 0.3 is 0 Å². The van der Waals surface area contributed by atoms with Gasteiger partial charge in [0.05, 0.1) is 5.69 Å². The molecule has 1 aromatic carbocycles. The number of hydrogen-bond donors (Lipinski definition) is 1. The summed E-state index contributed by atoms with van der Waals surface area (Å²) in [5.41, 5.74) is 1.69. The predicted octanol–water partition coefficient (Wildman–Crippen LogP) is 3.62. The Labute approximate surface area is 112 Å². The molecule has 0 amide bonds. The Morgan fingerprint density at radius 3 is 2.21 bits per heavy atom. The highest BCUT2D eigenvalue weighted by atomic mass is 19.1. The van der Waals surface area contributed by atoms with Gasteiger partial charge in [-0.1, -0.05) is 20.8 Å². The zero-order valence-corrected chi connectivity index (χ0v) is 11.7. The molecule has 1 heterocycles. The van der Waals surface area contributed by atoms with Crippen molar-refractivity contribution in [1.29, 1.82) is 0 Å². The molecular weight excluding hydrogens is 241 g/mol. The molecule has 0 atom stereocenters. The minimum absolute atomic E-state index is 0.0662. The van der Waals surface area contributed by atoms with E-state index in [1.54, 1.807) is 12.1 Å². The molecule has 0 radical (unpaired) electrons. The molecule has 2 aromatic rings. The first-order valence-corrected chi connectivity index (χ1v) is 6.23. The maximum atomic E-state index is 13.0. The van der Waals surface area contributed by atoms with Gasteiger partial charge in [-0.15, -0.1) is 0 Å². The molecule has 0 aliphatic heterocycles. The van der Waals surface area contributed by atoms with E-state index in [0.29, 0.717) is 5.82 Å². The van der Waals surface area contributed by atoms with Crippen LogP contribution in [0.3, 0.4) is 0 Å². The van der Waals surface area contributed by atoms with E-state index in [2.05, 4.69) is 36.1 Å². The summed E-state index contributed by atoms with van der Waals surface area (Å²) >= 11 is 0. The molecule has 1 aromatic heterocycles. The van der Waals surface area contributed by atoms with E-state index >= 15 is 0 Å². The Morgan fingerprint density at radius 2 is 1.68 bits per heavy atom. The maximum Gasteiger partial charge on any atom is 0.161 e. The number of rotatable bonds is 2. The van der Waals surface area contributed by atoms with Crippen LogP contribution in [0.1, 0.15) is 26.5 Å². The number of nitrogens with one attached hydrogen (secondary N) is 1. The number of hydrogen-bond acceptors (Lipinski definition) is 3. The average molecular weight is 259 g/mol. The lowest BCUT2D eigenvalue weighted by molar-refractivity contribution is 0.568. The molecule has 3 nitrogen and oxygen atoms in total. The van der Waals surface area contributed by atoms with Crippen molar-refractivity contribution in [3.8, 4) is 11.4 Å². The molecular formula is C15H18FN3. The molecule has 4 heteroatoms. The molecule has 0 aliphatic carbocycles. The van der Waals surface area contributed by atoms with E-state index in [0.717, 1.165) is 17.1 Å². The van der Waals surface area contributed by atoms with Gasteiger partial charge in [-0.3, -0.25) is 0 Å². The molecule has 0 unspecified atom stereocenters. The molecule has 0 saturated heterocycles. The summed E-state index contributed by atoms with van der Waals surface area (Å²) in [6.07, 6.45) is 0. The second-order valence-corrected chi connectivity index (χ2v) is 5.47. The van der Waals surface area contributed by atoms with Gasteiger partial charge in [0.1, 0.15) is 11.6 Å². The summed E-state index contributed by atoms with van der Waals surface area (Å²) in [6, 6.07) is 8.16. The van der Waals surface area contributed by atoms with E-state index < -0.39 is 0 Å². The van der Waals surface area contributed by atoms with Gasteiger partial charge < -0.3 is 5.32 Å². The van der Waals surface area contributed by atoms with Gasteiger partial charge in [0.2, 0.25) is 0 Å². The van der Waals surface area contributed by atoms with Crippen LogP contribution in [0.2, 0.25) is 0 Å². The van der Waals surface area contributed by atoms with Gasteiger partial charge in [0.15, 0.2) is 5.82 Å². The molecule has 100 valence electrons. The van der Waals surface area contributed by atoms with E-state index in [4.69, 9.17) is 0 Å². The third kappa shape index (κ3) is 3.08.